The minimum atomic E-state index is -4.62. The summed E-state index contributed by atoms with van der Waals surface area (Å²) < 4.78 is 52.1. The number of fused-ring (bicyclic) bond motifs is 3. The Morgan fingerprint density at radius 3 is 2.37 bits per heavy atom. The number of Topliss-reactive ketones (excluding diaryl/α,β-unsaturated/α-hetero) is 4. The summed E-state index contributed by atoms with van der Waals surface area (Å²) >= 11 is 0. The van der Waals surface area contributed by atoms with Gasteiger partial charge in [-0.2, -0.15) is 13.2 Å². The third kappa shape index (κ3) is 4.89. The minimum absolute atomic E-state index is 0.284. The van der Waals surface area contributed by atoms with Gasteiger partial charge in [0.25, 0.3) is 0 Å². The molecule has 0 spiro atoms. The molecule has 41 heavy (non-hydrogen) atoms. The summed E-state index contributed by atoms with van der Waals surface area (Å²) in [5, 5.41) is 26.1. The number of anilines is 1. The topological polar surface area (TPSA) is 196 Å². The Balaban J connectivity index is 1.71. The van der Waals surface area contributed by atoms with E-state index in [1.165, 1.54) is 19.0 Å². The van der Waals surface area contributed by atoms with E-state index in [2.05, 4.69) is 0 Å². The molecule has 222 valence electrons. The van der Waals surface area contributed by atoms with E-state index in [-0.39, 0.29) is 18.4 Å². The zero-order chi connectivity index (χ0) is 30.8. The van der Waals surface area contributed by atoms with Crippen molar-refractivity contribution in [2.45, 2.75) is 30.7 Å². The monoisotopic (exact) mass is 586 g/mol. The molecule has 6 N–H and O–H groups in total. The number of hydrogen-bond acceptors (Lipinski definition) is 10. The minimum Gasteiger partial charge on any atom is -0.505 e. The molecule has 1 aromatic carbocycles. The molecule has 0 bridgehead atoms. The third-order valence-electron chi connectivity index (χ3n) is 7.89. The average Bonchev–Trinajstić information content (AvgIpc) is 2.83. The van der Waals surface area contributed by atoms with Crippen LogP contribution in [0.1, 0.15) is 22.3 Å². The van der Waals surface area contributed by atoms with E-state index in [0.29, 0.717) is 6.07 Å². The highest BCUT2D eigenvalue weighted by Gasteiger charge is 2.69. The molecule has 6 atom stereocenters. The first-order chi connectivity index (χ1) is 18.9. The average molecular weight is 586 g/mol. The van der Waals surface area contributed by atoms with Crippen molar-refractivity contribution >= 4 is 40.6 Å². The molecule has 0 saturated heterocycles. The first kappa shape index (κ1) is 30.2. The van der Waals surface area contributed by atoms with Gasteiger partial charge in [0.05, 0.1) is 36.3 Å². The number of hydrogen-bond donors (Lipinski definition) is 5. The summed E-state index contributed by atoms with van der Waals surface area (Å²) in [7, 11) is 2.84. The van der Waals surface area contributed by atoms with Gasteiger partial charge >= 0.3 is 6.18 Å². The van der Waals surface area contributed by atoms with Crippen LogP contribution in [0.2, 0.25) is 0 Å². The lowest BCUT2D eigenvalue weighted by Gasteiger charge is -2.52. The van der Waals surface area contributed by atoms with Crippen LogP contribution in [0.3, 0.4) is 0 Å². The molecule has 2 saturated carbocycles. The standard InChI is InChI=1S/C25H26F4N4O8/c1-33(2)17-10-4-8-3-9-11(26)5-12(32-13(34)6-31-7-24(27,28)29)18(35)15(9)19(36)14(8)21(38)25(10,41)22(39)16(20(17)37)23(30)40/h5,8,10,14,16-17,31,35,41H,3-4,6-7H2,1-2H3,(H2,30,40)(H,32,34)/t8-,10-,14?,16?,17-,25-/m0/s1. The molecule has 16 heteroatoms. The lowest BCUT2D eigenvalue weighted by molar-refractivity contribution is -0.181. The summed E-state index contributed by atoms with van der Waals surface area (Å²) in [6.45, 7) is -2.38. The van der Waals surface area contributed by atoms with Gasteiger partial charge in [0.15, 0.2) is 34.7 Å². The highest BCUT2D eigenvalue weighted by molar-refractivity contribution is 6.32. The van der Waals surface area contributed by atoms with Gasteiger partial charge in [0.2, 0.25) is 11.8 Å². The number of benzene rings is 1. The van der Waals surface area contributed by atoms with Crippen molar-refractivity contribution in [1.82, 2.24) is 10.2 Å². The maximum absolute atomic E-state index is 15.2. The molecule has 1 aromatic rings. The molecule has 0 aromatic heterocycles. The number of aromatic hydroxyl groups is 1. The lowest BCUT2D eigenvalue weighted by atomic mass is 9.52. The number of rotatable bonds is 6. The van der Waals surface area contributed by atoms with Gasteiger partial charge in [0.1, 0.15) is 11.6 Å². The lowest BCUT2D eigenvalue weighted by Crippen LogP contribution is -2.74. The first-order valence-electron chi connectivity index (χ1n) is 12.4. The maximum Gasteiger partial charge on any atom is 0.401 e. The molecule has 12 nitrogen and oxygen atoms in total. The van der Waals surface area contributed by atoms with Crippen molar-refractivity contribution in [1.29, 1.82) is 0 Å². The number of likely N-dealkylation sites (N-methyl/N-ethyl adjacent to an activating group) is 1. The molecule has 0 heterocycles. The normalized spacial score (nSPS) is 29.6. The second kappa shape index (κ2) is 10.3. The zero-order valence-corrected chi connectivity index (χ0v) is 21.7. The number of phenols is 1. The zero-order valence-electron chi connectivity index (χ0n) is 21.7. The Bertz CT molecular complexity index is 1380. The van der Waals surface area contributed by atoms with Crippen LogP contribution in [0, 0.1) is 29.5 Å². The van der Waals surface area contributed by atoms with Crippen LogP contribution < -0.4 is 16.4 Å². The number of amides is 2. The third-order valence-corrected chi connectivity index (χ3v) is 7.89. The van der Waals surface area contributed by atoms with Gasteiger partial charge in [-0.3, -0.25) is 33.7 Å². The molecule has 0 aliphatic heterocycles. The van der Waals surface area contributed by atoms with Crippen molar-refractivity contribution in [3.8, 4) is 5.75 Å². The molecular formula is C25H26F4N4O8. The fourth-order valence-electron chi connectivity index (χ4n) is 6.23. The second-order valence-electron chi connectivity index (χ2n) is 10.7. The summed E-state index contributed by atoms with van der Waals surface area (Å²) in [4.78, 5) is 79.0. The van der Waals surface area contributed by atoms with Gasteiger partial charge in [0, 0.05) is 17.5 Å². The van der Waals surface area contributed by atoms with E-state index < -0.39 is 112 Å². The van der Waals surface area contributed by atoms with Gasteiger partial charge in [-0.1, -0.05) is 0 Å². The highest BCUT2D eigenvalue weighted by atomic mass is 19.4. The molecule has 2 amide bonds. The van der Waals surface area contributed by atoms with Gasteiger partial charge in [-0.15, -0.1) is 0 Å². The highest BCUT2D eigenvalue weighted by Crippen LogP contribution is 2.51. The van der Waals surface area contributed by atoms with Crippen LogP contribution in [0.15, 0.2) is 6.07 Å². The molecule has 0 radical (unpaired) electrons. The van der Waals surface area contributed by atoms with Crippen molar-refractivity contribution in [3.63, 3.8) is 0 Å². The Kier molecular flexibility index (Phi) is 7.56. The fraction of sp³-hybridized carbons (Fsp3) is 0.520. The van der Waals surface area contributed by atoms with E-state index in [9.17, 15) is 52.2 Å². The summed E-state index contributed by atoms with van der Waals surface area (Å²) in [5.41, 5.74) is 0.573. The first-order valence-corrected chi connectivity index (χ1v) is 12.4. The number of nitrogens with two attached hydrogens (primary N) is 1. The number of carbonyl (C=O) groups is 6. The van der Waals surface area contributed by atoms with Crippen LogP contribution >= 0.6 is 0 Å². The van der Waals surface area contributed by atoms with Crippen molar-refractivity contribution in [3.05, 3.63) is 23.0 Å². The number of phenolic OH excluding ortho intramolecular Hbond substituents is 1. The van der Waals surface area contributed by atoms with E-state index in [1.54, 1.807) is 0 Å². The SMILES string of the molecule is CN(C)[C@@H]1C(=O)C(C(N)=O)C(=O)[C@@]2(O)C(=O)C3C(=O)c4c(O)c(NC(=O)CNCC(F)(F)F)cc(F)c4C[C@H]3C[C@@H]12. The second-order valence-corrected chi connectivity index (χ2v) is 10.7. The number of alkyl halides is 3. The number of nitrogens with one attached hydrogen (secondary N) is 2. The van der Waals surface area contributed by atoms with Crippen molar-refractivity contribution in [2.75, 3.05) is 32.5 Å². The van der Waals surface area contributed by atoms with Crippen LogP contribution in [0.25, 0.3) is 0 Å². The smallest absolute Gasteiger partial charge is 0.401 e. The van der Waals surface area contributed by atoms with E-state index >= 15 is 4.39 Å². The molecular weight excluding hydrogens is 560 g/mol. The fourth-order valence-corrected chi connectivity index (χ4v) is 6.23. The number of aliphatic hydroxyl groups is 1. The molecule has 2 unspecified atom stereocenters. The van der Waals surface area contributed by atoms with Crippen molar-refractivity contribution < 1.29 is 56.5 Å². The summed E-state index contributed by atoms with van der Waals surface area (Å²) in [6.07, 6.45) is -5.24. The molecule has 2 fully saturated rings. The van der Waals surface area contributed by atoms with Crippen LogP contribution in [-0.2, 0) is 30.4 Å². The van der Waals surface area contributed by atoms with Crippen molar-refractivity contribution in [2.24, 2.45) is 29.4 Å². The van der Waals surface area contributed by atoms with Crippen LogP contribution in [-0.4, -0.2) is 95.1 Å². The number of primary amides is 1. The Labute approximate surface area is 229 Å². The van der Waals surface area contributed by atoms with Crippen LogP contribution in [0.4, 0.5) is 23.2 Å². The number of halogens is 4. The Morgan fingerprint density at radius 1 is 1.17 bits per heavy atom. The Hall–Kier alpha value is -3.76. The quantitative estimate of drug-likeness (QED) is 0.158. The Morgan fingerprint density at radius 2 is 1.80 bits per heavy atom. The summed E-state index contributed by atoms with van der Waals surface area (Å²) in [5.74, 6) is -15.8. The molecule has 4 rings (SSSR count). The molecule has 3 aliphatic carbocycles. The largest absolute Gasteiger partial charge is 0.505 e. The number of ketones is 4. The molecule has 3 aliphatic rings. The van der Waals surface area contributed by atoms with E-state index in [4.69, 9.17) is 5.73 Å². The van der Waals surface area contributed by atoms with Gasteiger partial charge in [-0.25, -0.2) is 4.39 Å². The van der Waals surface area contributed by atoms with Gasteiger partial charge < -0.3 is 26.6 Å². The maximum atomic E-state index is 15.2. The predicted molar refractivity (Wildman–Crippen MR) is 129 cm³/mol. The van der Waals surface area contributed by atoms with E-state index in [0.717, 1.165) is 0 Å². The number of carbonyl (C=O) groups excluding carboxylic acids is 6. The van der Waals surface area contributed by atoms with Gasteiger partial charge in [-0.05, 0) is 32.9 Å². The predicted octanol–water partition coefficient (Wildman–Crippen LogP) is -0.903. The summed E-state index contributed by atoms with van der Waals surface area (Å²) in [6, 6.07) is -0.656. The number of nitrogens with zero attached hydrogens (tertiary/aromatic N) is 1. The van der Waals surface area contributed by atoms with E-state index in [1.807, 2.05) is 10.6 Å². The van der Waals surface area contributed by atoms with Crippen LogP contribution in [0.5, 0.6) is 5.75 Å².